The standard InChI is InChI=1S/C20H24ClFN2OSi.2C20H25ClN2OSi.C16H15ClN2O.C14H11ClN2O.C13H16BClN2O2/c1-20(2,3)26(4,5)25-13-16-15(7-6-8-17(16)22)14-9-10-19-23-18(21)12-24(19)11-14;1-20(2,3)25(4,5)24-14-15-7-6-8-16(11-15)17-9-10-19-22-18(21)13-23(19)12-17;1-20(2,3)25(4,5)24-14-16-8-6-7-9-17(16)15-10-11-19-22-18(21)13-23(19)12-15;1-16(2,20)13-5-3-4-11(8-13)12-6-7-15-18-14(17)10-19(15)9-12;15-13-8-17-7-12(4-5-14(17)16-13)11-3-1-2-10(6-11)9-18;1-12(2)13(3,4)19-14(18-12)9-5-6-11-16-10(15)8-17(11)7-9/h6-12H,13H2,1-5H3;2*6-13H,14H2,1-5H3;3-10,20H,1-2H3;1-8,18H,9H2;5-8H,1-4H3. The van der Waals surface area contributed by atoms with Crippen molar-refractivity contribution in [1.82, 2.24) is 56.3 Å². The zero-order valence-electron chi connectivity index (χ0n) is 79.2. The highest BCUT2D eigenvalue weighted by atomic mass is 35.5. The molecule has 1 aliphatic heterocycles. The maximum Gasteiger partial charge on any atom is 0.496 e. The molecule has 12 aromatic heterocycles. The summed E-state index contributed by atoms with van der Waals surface area (Å²) in [4.78, 5) is 25.3. The Hall–Kier alpha value is -9.65. The molecule has 2 N–H and O–H groups in total. The highest BCUT2D eigenvalue weighted by molar-refractivity contribution is 6.75. The monoisotopic (exact) mass is 1960 g/mol. The molecule has 0 aliphatic carbocycles. The van der Waals surface area contributed by atoms with Crippen LogP contribution in [0, 0.1) is 5.82 Å². The molecule has 5 aromatic carbocycles. The predicted molar refractivity (Wildman–Crippen MR) is 551 cm³/mol. The second-order valence-corrected chi connectivity index (χ2v) is 56.1. The normalized spacial score (nSPS) is 13.6. The number of benzene rings is 5. The van der Waals surface area contributed by atoms with Gasteiger partial charge in [0.05, 0.1) is 43.2 Å². The Morgan fingerprint density at radius 1 is 0.353 bits per heavy atom. The Kier molecular flexibility index (Phi) is 30.9. The topological polar surface area (TPSA) is 190 Å². The SMILES string of the molecule is CC(C)(C)[Si](C)(C)OCc1c(F)cccc1-c1ccc2nc(Cl)cn2c1.CC(C)(C)[Si](C)(C)OCc1cccc(-c2ccc3nc(Cl)cn3c2)c1.CC(C)(C)[Si](C)(C)OCc1ccccc1-c1ccc2nc(Cl)cn2c1.CC(C)(O)c1cccc(-c2ccc3nc(Cl)cn3c2)c1.CC1(C)OB(c2ccc3nc(Cl)cn3c2)OC1(C)C.OCc1cccc(-c2ccc3nc(Cl)cn3c2)c1. The number of halogens is 7. The van der Waals surface area contributed by atoms with Gasteiger partial charge in [0.2, 0.25) is 0 Å². The van der Waals surface area contributed by atoms with Crippen LogP contribution in [0.1, 0.15) is 132 Å². The van der Waals surface area contributed by atoms with Gasteiger partial charge >= 0.3 is 7.12 Å². The molecule has 0 atom stereocenters. The molecule has 18 rings (SSSR count). The van der Waals surface area contributed by atoms with Crippen LogP contribution < -0.4 is 5.46 Å². The molecule has 0 bridgehead atoms. The summed E-state index contributed by atoms with van der Waals surface area (Å²) in [5.41, 5.74) is 19.7. The van der Waals surface area contributed by atoms with Gasteiger partial charge in [-0.25, -0.2) is 34.3 Å². The van der Waals surface area contributed by atoms with Crippen LogP contribution in [0.3, 0.4) is 0 Å². The number of pyridine rings is 6. The maximum absolute atomic E-state index is 14.6. The Morgan fingerprint density at radius 3 is 1.08 bits per heavy atom. The molecule has 1 aliphatic rings. The molecule has 0 spiro atoms. The third-order valence-electron chi connectivity index (χ3n) is 25.6. The lowest BCUT2D eigenvalue weighted by Crippen LogP contribution is -2.41. The van der Waals surface area contributed by atoms with Crippen molar-refractivity contribution in [1.29, 1.82) is 0 Å². The van der Waals surface area contributed by atoms with Crippen molar-refractivity contribution in [3.05, 3.63) is 327 Å². The van der Waals surface area contributed by atoms with Crippen LogP contribution in [0.4, 0.5) is 4.39 Å². The van der Waals surface area contributed by atoms with E-state index < -0.39 is 30.6 Å². The van der Waals surface area contributed by atoms with E-state index in [4.69, 9.17) is 97.3 Å². The Balaban J connectivity index is 0.000000136. The fourth-order valence-corrected chi connectivity index (χ4v) is 17.8. The van der Waals surface area contributed by atoms with Crippen LogP contribution >= 0.6 is 69.6 Å². The summed E-state index contributed by atoms with van der Waals surface area (Å²) in [6, 6.07) is 61.5. The first-order valence-corrected chi connectivity index (χ1v) is 55.0. The average Bonchev–Trinajstić information content (AvgIpc) is 1.76. The van der Waals surface area contributed by atoms with Gasteiger partial charge in [-0.15, -0.1) is 0 Å². The number of hydrogen-bond acceptors (Lipinski definition) is 13. The van der Waals surface area contributed by atoms with Crippen molar-refractivity contribution in [3.63, 3.8) is 0 Å². The van der Waals surface area contributed by atoms with E-state index in [0.29, 0.717) is 49.7 Å². The van der Waals surface area contributed by atoms with Crippen LogP contribution in [0.25, 0.3) is 89.5 Å². The van der Waals surface area contributed by atoms with Gasteiger partial charge in [-0.3, -0.25) is 0 Å². The summed E-state index contributed by atoms with van der Waals surface area (Å²) in [6.45, 7) is 47.0. The number of fused-ring (bicyclic) bond motifs is 6. The van der Waals surface area contributed by atoms with Gasteiger partial charge in [-0.1, -0.05) is 229 Å². The average molecular weight is 1960 g/mol. The molecular formula is C103H116BCl6FN12O7Si3. The third-order valence-corrected chi connectivity index (χ3v) is 40.2. The van der Waals surface area contributed by atoms with Crippen LogP contribution in [0.15, 0.2) is 262 Å². The first kappa shape index (κ1) is 101. The minimum atomic E-state index is -1.97. The van der Waals surface area contributed by atoms with Crippen LogP contribution in [-0.2, 0) is 54.6 Å². The lowest BCUT2D eigenvalue weighted by atomic mass is 9.80. The number of imidazole rings is 6. The van der Waals surface area contributed by atoms with Crippen LogP contribution in [0.5, 0.6) is 0 Å². The minimum Gasteiger partial charge on any atom is -0.413 e. The van der Waals surface area contributed by atoms with E-state index in [-0.39, 0.29) is 52.5 Å². The van der Waals surface area contributed by atoms with Gasteiger partial charge in [0.1, 0.15) is 70.6 Å². The molecule has 694 valence electrons. The van der Waals surface area contributed by atoms with E-state index in [2.05, 4.69) is 205 Å². The molecule has 0 saturated carbocycles. The highest BCUT2D eigenvalue weighted by Gasteiger charge is 2.52. The van der Waals surface area contributed by atoms with Crippen LogP contribution in [-0.4, -0.2) is 110 Å². The second kappa shape index (κ2) is 40.7. The number of hydrogen-bond donors (Lipinski definition) is 2. The molecule has 0 amide bonds. The van der Waals surface area contributed by atoms with E-state index in [1.54, 1.807) is 44.7 Å². The number of nitrogens with zero attached hydrogens (tertiary/aromatic N) is 12. The van der Waals surface area contributed by atoms with E-state index >= 15 is 0 Å². The van der Waals surface area contributed by atoms with Gasteiger partial charge in [-0.2, -0.15) is 0 Å². The second-order valence-electron chi connectivity index (χ2n) is 39.4. The summed E-state index contributed by atoms with van der Waals surface area (Å²) >= 11 is 35.6. The molecule has 0 unspecified atom stereocenters. The first-order valence-electron chi connectivity index (χ1n) is 44.0. The quantitative estimate of drug-likeness (QED) is 0.0820. The van der Waals surface area contributed by atoms with Gasteiger partial charge in [0.25, 0.3) is 0 Å². The minimum absolute atomic E-state index is 0.0486. The van der Waals surface area contributed by atoms with Crippen molar-refractivity contribution >= 4 is 141 Å². The molecule has 1 fully saturated rings. The molecule has 30 heteroatoms. The summed E-state index contributed by atoms with van der Waals surface area (Å²) in [5.74, 6) is -0.245. The molecule has 13 heterocycles. The number of aliphatic hydroxyl groups excluding tert-OH is 1. The van der Waals surface area contributed by atoms with Gasteiger partial charge in [0, 0.05) is 79.9 Å². The fraction of sp³-hybridized carbons (Fsp3) is 0.301. The summed E-state index contributed by atoms with van der Waals surface area (Å²) in [7, 11) is -5.87. The summed E-state index contributed by atoms with van der Waals surface area (Å²) < 4.78 is 57.1. The summed E-state index contributed by atoms with van der Waals surface area (Å²) in [6.07, 6.45) is 22.7. The van der Waals surface area contributed by atoms with Crippen molar-refractivity contribution in [2.75, 3.05) is 0 Å². The highest BCUT2D eigenvalue weighted by Crippen LogP contribution is 2.43. The number of aliphatic hydroxyl groups is 2. The van der Waals surface area contributed by atoms with E-state index in [1.807, 2.05) is 207 Å². The van der Waals surface area contributed by atoms with Crippen molar-refractivity contribution in [2.24, 2.45) is 0 Å². The van der Waals surface area contributed by atoms with Gasteiger partial charge < -0.3 is 59.2 Å². The van der Waals surface area contributed by atoms with Crippen LogP contribution in [0.2, 0.25) is 85.3 Å². The Morgan fingerprint density at radius 2 is 0.677 bits per heavy atom. The van der Waals surface area contributed by atoms with Crippen molar-refractivity contribution < 1.29 is 37.2 Å². The predicted octanol–water partition coefficient (Wildman–Crippen LogP) is 28.0. The molecular weight excluding hydrogens is 1840 g/mol. The summed E-state index contributed by atoms with van der Waals surface area (Å²) in [5, 5.41) is 22.6. The van der Waals surface area contributed by atoms with E-state index in [0.717, 1.165) is 95.0 Å². The first-order chi connectivity index (χ1) is 62.4. The number of aromatic nitrogens is 12. The largest absolute Gasteiger partial charge is 0.496 e. The molecule has 133 heavy (non-hydrogen) atoms. The molecule has 19 nitrogen and oxygen atoms in total. The van der Waals surface area contributed by atoms with Gasteiger partial charge in [-0.05, 0) is 270 Å². The Labute approximate surface area is 812 Å². The zero-order chi connectivity index (χ0) is 96.3. The third kappa shape index (κ3) is 24.8. The van der Waals surface area contributed by atoms with Gasteiger partial charge in [0.15, 0.2) is 25.0 Å². The Bertz CT molecular complexity index is 6970. The van der Waals surface area contributed by atoms with E-state index in [9.17, 15) is 9.50 Å². The number of rotatable bonds is 17. The lowest BCUT2D eigenvalue weighted by molar-refractivity contribution is 0.00578. The lowest BCUT2D eigenvalue weighted by Gasteiger charge is -2.36. The van der Waals surface area contributed by atoms with E-state index in [1.165, 1.54) is 28.3 Å². The molecule has 17 aromatic rings. The smallest absolute Gasteiger partial charge is 0.413 e. The zero-order valence-corrected chi connectivity index (χ0v) is 86.7. The maximum atomic E-state index is 14.6. The fourth-order valence-electron chi connectivity index (χ4n) is 13.8. The van der Waals surface area contributed by atoms with Crippen molar-refractivity contribution in [2.45, 2.75) is 201 Å². The molecule has 1 saturated heterocycles. The van der Waals surface area contributed by atoms with Crippen molar-refractivity contribution in [3.8, 4) is 55.6 Å². The molecule has 0 radical (unpaired) electrons.